The third-order valence-corrected chi connectivity index (χ3v) is 4.96. The highest BCUT2D eigenvalue weighted by Crippen LogP contribution is 2.25. The highest BCUT2D eigenvalue weighted by Gasteiger charge is 2.20. The lowest BCUT2D eigenvalue weighted by atomic mass is 10.1. The van der Waals surface area contributed by atoms with Crippen molar-refractivity contribution in [2.45, 2.75) is 13.1 Å². The van der Waals surface area contributed by atoms with Crippen LogP contribution in [-0.4, -0.2) is 35.4 Å². The summed E-state index contributed by atoms with van der Waals surface area (Å²) in [5.74, 6) is -0.738. The number of hydrogen-bond acceptors (Lipinski definition) is 7. The lowest BCUT2D eigenvalue weighted by molar-refractivity contribution is -0.384. The number of amides is 1. The molecule has 1 heterocycles. The second-order valence-electron chi connectivity index (χ2n) is 6.84. The maximum Gasteiger partial charge on any atom is 0.341 e. The Morgan fingerprint density at radius 1 is 1.19 bits per heavy atom. The summed E-state index contributed by atoms with van der Waals surface area (Å²) in [6, 6.07) is 14.4. The van der Waals surface area contributed by atoms with E-state index in [2.05, 4.69) is 5.32 Å². The number of likely N-dealkylation sites (N-methyl/N-ethyl adjacent to an activating group) is 1. The Bertz CT molecular complexity index is 1120. The summed E-state index contributed by atoms with van der Waals surface area (Å²) >= 11 is 6.15. The zero-order valence-corrected chi connectivity index (χ0v) is 17.9. The fourth-order valence-electron chi connectivity index (χ4n) is 2.84. The van der Waals surface area contributed by atoms with Gasteiger partial charge in [0.05, 0.1) is 23.3 Å². The minimum absolute atomic E-state index is 0.0623. The van der Waals surface area contributed by atoms with Crippen LogP contribution in [-0.2, 0) is 22.6 Å². The van der Waals surface area contributed by atoms with Gasteiger partial charge in [0.25, 0.3) is 11.6 Å². The van der Waals surface area contributed by atoms with Gasteiger partial charge in [0.15, 0.2) is 6.61 Å². The van der Waals surface area contributed by atoms with Gasteiger partial charge in [-0.1, -0.05) is 29.8 Å². The highest BCUT2D eigenvalue weighted by atomic mass is 35.5. The Morgan fingerprint density at radius 2 is 1.97 bits per heavy atom. The van der Waals surface area contributed by atoms with Crippen LogP contribution in [0, 0.1) is 10.1 Å². The van der Waals surface area contributed by atoms with Gasteiger partial charge in [-0.3, -0.25) is 14.9 Å². The van der Waals surface area contributed by atoms with Crippen LogP contribution in [0.15, 0.2) is 65.3 Å². The molecule has 0 aliphatic carbocycles. The molecule has 3 rings (SSSR count). The van der Waals surface area contributed by atoms with Crippen molar-refractivity contribution < 1.29 is 23.7 Å². The number of nitrogens with one attached hydrogen (secondary N) is 1. The second kappa shape index (κ2) is 10.5. The van der Waals surface area contributed by atoms with E-state index >= 15 is 0 Å². The fraction of sp³-hybridized carbons (Fsp3) is 0.182. The number of non-ortho nitro benzene ring substituents is 1. The average Bonchev–Trinajstić information content (AvgIpc) is 3.29. The van der Waals surface area contributed by atoms with E-state index in [1.807, 2.05) is 12.1 Å². The quantitative estimate of drug-likeness (QED) is 0.290. The Hall–Kier alpha value is -3.85. The summed E-state index contributed by atoms with van der Waals surface area (Å²) in [6.45, 7) is -0.0316. The third-order valence-electron chi connectivity index (χ3n) is 4.59. The topological polar surface area (TPSA) is 115 Å². The number of carbonyl (C=O) groups is 2. The number of nitro benzene ring substituents is 1. The predicted octanol–water partition coefficient (Wildman–Crippen LogP) is 4.27. The molecule has 0 aliphatic heterocycles. The van der Waals surface area contributed by atoms with Gasteiger partial charge in [-0.2, -0.15) is 0 Å². The van der Waals surface area contributed by atoms with Crippen molar-refractivity contribution in [2.75, 3.05) is 19.0 Å². The summed E-state index contributed by atoms with van der Waals surface area (Å²) in [4.78, 5) is 36.8. The van der Waals surface area contributed by atoms with E-state index in [-0.39, 0.29) is 24.3 Å². The van der Waals surface area contributed by atoms with Crippen molar-refractivity contribution in [3.63, 3.8) is 0 Å². The van der Waals surface area contributed by atoms with E-state index in [1.54, 1.807) is 31.3 Å². The van der Waals surface area contributed by atoms with Crippen molar-refractivity contribution in [1.82, 2.24) is 4.90 Å². The van der Waals surface area contributed by atoms with Gasteiger partial charge < -0.3 is 19.4 Å². The molecule has 0 saturated carbocycles. The SMILES string of the molecule is CN(Cc1ccco1)C(=O)COC(=O)c1cc([N+](=O)[O-])ccc1NCc1ccccc1Cl. The van der Waals surface area contributed by atoms with Gasteiger partial charge in [-0.25, -0.2) is 4.79 Å². The van der Waals surface area contributed by atoms with E-state index in [4.69, 9.17) is 20.8 Å². The molecule has 0 spiro atoms. The largest absolute Gasteiger partial charge is 0.467 e. The first-order valence-electron chi connectivity index (χ1n) is 9.54. The van der Waals surface area contributed by atoms with Gasteiger partial charge in [-0.05, 0) is 29.8 Å². The number of carbonyl (C=O) groups excluding carboxylic acids is 2. The molecule has 2 aromatic carbocycles. The Labute approximate surface area is 188 Å². The zero-order chi connectivity index (χ0) is 23.1. The Morgan fingerprint density at radius 3 is 2.66 bits per heavy atom. The monoisotopic (exact) mass is 457 g/mol. The molecular formula is C22H20ClN3O6. The molecule has 9 nitrogen and oxygen atoms in total. The average molecular weight is 458 g/mol. The zero-order valence-electron chi connectivity index (χ0n) is 17.1. The molecule has 0 atom stereocenters. The third kappa shape index (κ3) is 5.86. The highest BCUT2D eigenvalue weighted by molar-refractivity contribution is 6.31. The van der Waals surface area contributed by atoms with Crippen molar-refractivity contribution in [3.8, 4) is 0 Å². The molecule has 1 amide bonds. The van der Waals surface area contributed by atoms with Gasteiger partial charge in [0.1, 0.15) is 5.76 Å². The minimum atomic E-state index is -0.866. The van der Waals surface area contributed by atoms with E-state index in [0.29, 0.717) is 16.5 Å². The van der Waals surface area contributed by atoms with Gasteiger partial charge in [0.2, 0.25) is 0 Å². The molecule has 0 fully saturated rings. The predicted molar refractivity (Wildman–Crippen MR) is 117 cm³/mol. The summed E-state index contributed by atoms with van der Waals surface area (Å²) < 4.78 is 10.3. The van der Waals surface area contributed by atoms with E-state index in [0.717, 1.165) is 11.6 Å². The summed E-state index contributed by atoms with van der Waals surface area (Å²) in [5, 5.41) is 14.7. The number of furan rings is 1. The standard InChI is InChI=1S/C22H20ClN3O6/c1-25(13-17-6-4-10-31-17)21(27)14-32-22(28)18-11-16(26(29)30)8-9-20(18)24-12-15-5-2-3-7-19(15)23/h2-11,24H,12-14H2,1H3. The molecule has 32 heavy (non-hydrogen) atoms. The first kappa shape index (κ1) is 22.8. The van der Waals surface area contributed by atoms with Crippen LogP contribution in [0.1, 0.15) is 21.7 Å². The van der Waals surface area contributed by atoms with Crippen molar-refractivity contribution in [2.24, 2.45) is 0 Å². The summed E-state index contributed by atoms with van der Waals surface area (Å²) in [5.41, 5.74) is 0.757. The maximum absolute atomic E-state index is 12.7. The van der Waals surface area contributed by atoms with Gasteiger partial charge in [-0.15, -0.1) is 0 Å². The number of hydrogen-bond donors (Lipinski definition) is 1. The maximum atomic E-state index is 12.7. The number of esters is 1. The molecule has 3 aromatic rings. The number of benzene rings is 2. The molecule has 0 saturated heterocycles. The van der Waals surface area contributed by atoms with Crippen LogP contribution in [0.5, 0.6) is 0 Å². The molecule has 0 unspecified atom stereocenters. The number of rotatable bonds is 9. The first-order valence-corrected chi connectivity index (χ1v) is 9.92. The first-order chi connectivity index (χ1) is 15.3. The fourth-order valence-corrected chi connectivity index (χ4v) is 3.04. The van der Waals surface area contributed by atoms with Gasteiger partial charge in [0, 0.05) is 36.4 Å². The van der Waals surface area contributed by atoms with Crippen molar-refractivity contribution in [3.05, 3.63) is 92.9 Å². The smallest absolute Gasteiger partial charge is 0.341 e. The van der Waals surface area contributed by atoms with Crippen LogP contribution < -0.4 is 5.32 Å². The molecule has 0 aliphatic rings. The van der Waals surface area contributed by atoms with Crippen LogP contribution in [0.2, 0.25) is 5.02 Å². The minimum Gasteiger partial charge on any atom is -0.467 e. The van der Waals surface area contributed by atoms with Crippen molar-refractivity contribution in [1.29, 1.82) is 0 Å². The van der Waals surface area contributed by atoms with Crippen LogP contribution in [0.4, 0.5) is 11.4 Å². The van der Waals surface area contributed by atoms with Crippen LogP contribution >= 0.6 is 11.6 Å². The number of ether oxygens (including phenoxy) is 1. The van der Waals surface area contributed by atoms with E-state index in [1.165, 1.54) is 23.3 Å². The number of anilines is 1. The lowest BCUT2D eigenvalue weighted by Crippen LogP contribution is -2.30. The second-order valence-corrected chi connectivity index (χ2v) is 7.24. The van der Waals surface area contributed by atoms with E-state index < -0.39 is 23.4 Å². The Kier molecular flexibility index (Phi) is 7.45. The van der Waals surface area contributed by atoms with Crippen molar-refractivity contribution >= 4 is 34.9 Å². The molecular weight excluding hydrogens is 438 g/mol. The van der Waals surface area contributed by atoms with Crippen LogP contribution in [0.3, 0.4) is 0 Å². The van der Waals surface area contributed by atoms with Crippen LogP contribution in [0.25, 0.3) is 0 Å². The molecule has 1 N–H and O–H groups in total. The molecule has 0 bridgehead atoms. The Balaban J connectivity index is 1.70. The molecule has 166 valence electrons. The number of nitrogens with zero attached hydrogens (tertiary/aromatic N) is 2. The number of nitro groups is 1. The van der Waals surface area contributed by atoms with E-state index in [9.17, 15) is 19.7 Å². The molecule has 0 radical (unpaired) electrons. The summed E-state index contributed by atoms with van der Waals surface area (Å²) in [6.07, 6.45) is 1.49. The molecule has 1 aromatic heterocycles. The summed E-state index contributed by atoms with van der Waals surface area (Å²) in [7, 11) is 1.54. The van der Waals surface area contributed by atoms with Gasteiger partial charge >= 0.3 is 5.97 Å². The normalized spacial score (nSPS) is 10.4. The number of halogens is 1. The lowest BCUT2D eigenvalue weighted by Gasteiger charge is -2.16. The molecule has 10 heteroatoms.